The normalized spacial score (nSPS) is 12.2. The van der Waals surface area contributed by atoms with Gasteiger partial charge in [-0.3, -0.25) is 9.10 Å². The number of carbonyl (C=O) groups excluding carboxylic acids is 1. The SMILES string of the molecule is CC[C@H](NC(=O)CN(c1ccccc1Cl)S(=O)(=O)c1ccccc1)c1ccccc1. The number of hydrogen-bond donors (Lipinski definition) is 1. The van der Waals surface area contributed by atoms with Crippen molar-refractivity contribution in [1.82, 2.24) is 5.32 Å². The monoisotopic (exact) mass is 442 g/mol. The molecule has 0 aliphatic carbocycles. The third-order valence-corrected chi connectivity index (χ3v) is 6.78. The number of amides is 1. The number of benzene rings is 3. The van der Waals surface area contributed by atoms with Crippen LogP contribution in [0.1, 0.15) is 24.9 Å². The topological polar surface area (TPSA) is 66.5 Å². The summed E-state index contributed by atoms with van der Waals surface area (Å²) in [6.45, 7) is 1.58. The van der Waals surface area contributed by atoms with Crippen LogP contribution in [0.2, 0.25) is 5.02 Å². The summed E-state index contributed by atoms with van der Waals surface area (Å²) in [5, 5.41) is 3.19. The maximum atomic E-state index is 13.3. The fourth-order valence-electron chi connectivity index (χ4n) is 3.15. The highest BCUT2D eigenvalue weighted by Crippen LogP contribution is 2.30. The van der Waals surface area contributed by atoms with Crippen molar-refractivity contribution in [3.05, 3.63) is 95.5 Å². The Kier molecular flexibility index (Phi) is 7.13. The highest BCUT2D eigenvalue weighted by molar-refractivity contribution is 7.92. The predicted molar refractivity (Wildman–Crippen MR) is 120 cm³/mol. The molecule has 0 aliphatic rings. The lowest BCUT2D eigenvalue weighted by Gasteiger charge is -2.26. The van der Waals surface area contributed by atoms with Crippen LogP contribution in [0.5, 0.6) is 0 Å². The molecule has 0 spiro atoms. The van der Waals surface area contributed by atoms with Crippen molar-refractivity contribution < 1.29 is 13.2 Å². The van der Waals surface area contributed by atoms with E-state index < -0.39 is 15.9 Å². The van der Waals surface area contributed by atoms with Crippen molar-refractivity contribution in [2.45, 2.75) is 24.3 Å². The molecule has 0 unspecified atom stereocenters. The average molecular weight is 443 g/mol. The third-order valence-electron chi connectivity index (χ3n) is 4.68. The van der Waals surface area contributed by atoms with Crippen LogP contribution >= 0.6 is 11.6 Å². The van der Waals surface area contributed by atoms with Crippen molar-refractivity contribution in [3.63, 3.8) is 0 Å². The molecule has 5 nitrogen and oxygen atoms in total. The zero-order chi connectivity index (χ0) is 21.6. The van der Waals surface area contributed by atoms with Crippen LogP contribution in [0.25, 0.3) is 0 Å². The Hall–Kier alpha value is -2.83. The van der Waals surface area contributed by atoms with Crippen LogP contribution in [-0.4, -0.2) is 20.9 Å². The van der Waals surface area contributed by atoms with E-state index in [4.69, 9.17) is 11.6 Å². The zero-order valence-electron chi connectivity index (χ0n) is 16.5. The van der Waals surface area contributed by atoms with Crippen LogP contribution in [0.3, 0.4) is 0 Å². The first-order valence-electron chi connectivity index (χ1n) is 9.60. The number of halogens is 1. The van der Waals surface area contributed by atoms with Gasteiger partial charge >= 0.3 is 0 Å². The lowest BCUT2D eigenvalue weighted by molar-refractivity contribution is -0.120. The summed E-state index contributed by atoms with van der Waals surface area (Å²) in [4.78, 5) is 13.0. The molecule has 0 aromatic heterocycles. The molecular formula is C23H23ClN2O3S. The fourth-order valence-corrected chi connectivity index (χ4v) is 4.90. The number of rotatable bonds is 8. The van der Waals surface area contributed by atoms with Crippen LogP contribution in [0.4, 0.5) is 5.69 Å². The minimum Gasteiger partial charge on any atom is -0.348 e. The number of para-hydroxylation sites is 1. The van der Waals surface area contributed by atoms with Gasteiger partial charge in [-0.05, 0) is 36.2 Å². The van der Waals surface area contributed by atoms with Gasteiger partial charge in [0.2, 0.25) is 5.91 Å². The Labute approximate surface area is 182 Å². The van der Waals surface area contributed by atoms with E-state index in [-0.39, 0.29) is 28.2 Å². The molecule has 30 heavy (non-hydrogen) atoms. The first-order chi connectivity index (χ1) is 14.4. The minimum atomic E-state index is -3.99. The molecule has 3 rings (SSSR count). The maximum absolute atomic E-state index is 13.3. The van der Waals surface area contributed by atoms with Gasteiger partial charge in [0.1, 0.15) is 6.54 Å². The van der Waals surface area contributed by atoms with Crippen molar-refractivity contribution >= 4 is 33.2 Å². The van der Waals surface area contributed by atoms with Gasteiger partial charge in [0, 0.05) is 0 Å². The molecule has 156 valence electrons. The van der Waals surface area contributed by atoms with E-state index in [0.29, 0.717) is 6.42 Å². The summed E-state index contributed by atoms with van der Waals surface area (Å²) < 4.78 is 27.7. The van der Waals surface area contributed by atoms with E-state index >= 15 is 0 Å². The summed E-state index contributed by atoms with van der Waals surface area (Å²) in [7, 11) is -3.99. The summed E-state index contributed by atoms with van der Waals surface area (Å²) in [6, 6.07) is 23.9. The molecule has 0 aliphatic heterocycles. The Morgan fingerprint density at radius 3 is 2.10 bits per heavy atom. The maximum Gasteiger partial charge on any atom is 0.264 e. The van der Waals surface area contributed by atoms with Crippen LogP contribution in [-0.2, 0) is 14.8 Å². The Balaban J connectivity index is 1.92. The van der Waals surface area contributed by atoms with E-state index in [1.807, 2.05) is 37.3 Å². The molecule has 0 saturated carbocycles. The van der Waals surface area contributed by atoms with Gasteiger partial charge in [-0.2, -0.15) is 0 Å². The number of carbonyl (C=O) groups is 1. The molecule has 0 bridgehead atoms. The van der Waals surface area contributed by atoms with Gasteiger partial charge in [-0.25, -0.2) is 8.42 Å². The van der Waals surface area contributed by atoms with E-state index in [1.54, 1.807) is 42.5 Å². The molecule has 3 aromatic rings. The zero-order valence-corrected chi connectivity index (χ0v) is 18.1. The second-order valence-electron chi connectivity index (χ2n) is 6.72. The van der Waals surface area contributed by atoms with Crippen molar-refractivity contribution in [3.8, 4) is 0 Å². The molecular weight excluding hydrogens is 420 g/mol. The molecule has 3 aromatic carbocycles. The quantitative estimate of drug-likeness (QED) is 0.544. The van der Waals surface area contributed by atoms with Crippen molar-refractivity contribution in [2.75, 3.05) is 10.8 Å². The molecule has 0 heterocycles. The van der Waals surface area contributed by atoms with Gasteiger partial charge < -0.3 is 5.32 Å². The molecule has 0 saturated heterocycles. The van der Waals surface area contributed by atoms with E-state index in [9.17, 15) is 13.2 Å². The Bertz CT molecular complexity index is 1090. The summed E-state index contributed by atoms with van der Waals surface area (Å²) in [5.41, 5.74) is 1.22. The number of sulfonamides is 1. The van der Waals surface area contributed by atoms with Gasteiger partial charge in [0.15, 0.2) is 0 Å². The first-order valence-corrected chi connectivity index (χ1v) is 11.4. The van der Waals surface area contributed by atoms with E-state index in [2.05, 4.69) is 5.32 Å². The van der Waals surface area contributed by atoms with E-state index in [0.717, 1.165) is 9.87 Å². The van der Waals surface area contributed by atoms with Gasteiger partial charge in [-0.1, -0.05) is 79.2 Å². The number of nitrogens with one attached hydrogen (secondary N) is 1. The van der Waals surface area contributed by atoms with Crippen molar-refractivity contribution in [2.24, 2.45) is 0 Å². The second kappa shape index (κ2) is 9.78. The highest BCUT2D eigenvalue weighted by Gasteiger charge is 2.29. The van der Waals surface area contributed by atoms with Crippen LogP contribution < -0.4 is 9.62 Å². The number of anilines is 1. The minimum absolute atomic E-state index is 0.0906. The Morgan fingerprint density at radius 2 is 1.50 bits per heavy atom. The largest absolute Gasteiger partial charge is 0.348 e. The first kappa shape index (κ1) is 21.9. The second-order valence-corrected chi connectivity index (χ2v) is 8.98. The summed E-state index contributed by atoms with van der Waals surface area (Å²) in [6.07, 6.45) is 0.674. The van der Waals surface area contributed by atoms with Crippen LogP contribution in [0, 0.1) is 0 Å². The summed E-state index contributed by atoms with van der Waals surface area (Å²) in [5.74, 6) is -0.412. The molecule has 0 fully saturated rings. The molecule has 1 atom stereocenters. The van der Waals surface area contributed by atoms with Gasteiger partial charge in [0.05, 0.1) is 21.6 Å². The predicted octanol–water partition coefficient (Wildman–Crippen LogP) is 4.80. The fraction of sp³-hybridized carbons (Fsp3) is 0.174. The summed E-state index contributed by atoms with van der Waals surface area (Å²) >= 11 is 6.29. The molecule has 7 heteroatoms. The van der Waals surface area contributed by atoms with E-state index in [1.165, 1.54) is 12.1 Å². The molecule has 0 radical (unpaired) electrons. The lowest BCUT2D eigenvalue weighted by Crippen LogP contribution is -2.42. The third kappa shape index (κ3) is 5.01. The average Bonchev–Trinajstić information content (AvgIpc) is 2.77. The lowest BCUT2D eigenvalue weighted by atomic mass is 10.0. The van der Waals surface area contributed by atoms with Gasteiger partial charge in [0.25, 0.3) is 10.0 Å². The standard InChI is InChI=1S/C23H23ClN2O3S/c1-2-21(18-11-5-3-6-12-18)25-23(27)17-26(22-16-10-9-15-20(22)24)30(28,29)19-13-7-4-8-14-19/h3-16,21H,2,17H2,1H3,(H,25,27)/t21-/m0/s1. The number of hydrogen-bond acceptors (Lipinski definition) is 3. The molecule has 1 amide bonds. The number of nitrogens with zero attached hydrogens (tertiary/aromatic N) is 1. The molecule has 1 N–H and O–H groups in total. The van der Waals surface area contributed by atoms with Crippen LogP contribution in [0.15, 0.2) is 89.8 Å². The van der Waals surface area contributed by atoms with Gasteiger partial charge in [-0.15, -0.1) is 0 Å². The Morgan fingerprint density at radius 1 is 0.933 bits per heavy atom. The smallest absolute Gasteiger partial charge is 0.264 e. The van der Waals surface area contributed by atoms with Crippen molar-refractivity contribution in [1.29, 1.82) is 0 Å². The highest BCUT2D eigenvalue weighted by atomic mass is 35.5.